The van der Waals surface area contributed by atoms with Crippen molar-refractivity contribution in [2.45, 2.75) is 38.6 Å². The first-order valence-electron chi connectivity index (χ1n) is 12.1. The number of ether oxygens (including phenoxy) is 1. The van der Waals surface area contributed by atoms with Crippen LogP contribution in [-0.4, -0.2) is 52.7 Å². The van der Waals surface area contributed by atoms with E-state index in [-0.39, 0.29) is 29.0 Å². The van der Waals surface area contributed by atoms with Crippen LogP contribution in [0.25, 0.3) is 10.8 Å². The number of H-pyrrole nitrogens is 1. The van der Waals surface area contributed by atoms with Crippen molar-refractivity contribution in [2.75, 3.05) is 19.7 Å². The molecule has 9 heteroatoms. The maximum Gasteiger partial charge on any atom is 0.335 e. The number of benzene rings is 2. The number of allylic oxidation sites excluding steroid dienone is 1. The molecule has 1 aromatic heterocycles. The molecule has 1 aliphatic carbocycles. The number of nitrogens with one attached hydrogen (secondary N) is 2. The summed E-state index contributed by atoms with van der Waals surface area (Å²) in [5, 5.41) is 11.3. The Hall–Kier alpha value is -4.01. The fraction of sp³-hybridized carbons (Fsp3) is 0.333. The number of aromatic amines is 1. The molecule has 0 spiro atoms. The van der Waals surface area contributed by atoms with E-state index in [1.54, 1.807) is 36.1 Å². The molecule has 0 bridgehead atoms. The Balaban J connectivity index is 1.27. The lowest BCUT2D eigenvalue weighted by Crippen LogP contribution is -2.59. The number of amides is 1. The molecule has 1 fully saturated rings. The molecule has 2 N–H and O–H groups in total. The summed E-state index contributed by atoms with van der Waals surface area (Å²) >= 11 is 0. The second-order valence-electron chi connectivity index (χ2n) is 9.12. The maximum absolute atomic E-state index is 14.6. The molecule has 0 saturated carbocycles. The average Bonchev–Trinajstić information content (AvgIpc) is 3.32. The molecular formula is C27H27FN4O4. The van der Waals surface area contributed by atoms with E-state index in [2.05, 4.69) is 15.5 Å². The minimum absolute atomic E-state index is 0.00646. The number of halogens is 1. The number of rotatable bonds is 7. The van der Waals surface area contributed by atoms with Gasteiger partial charge >= 0.3 is 5.97 Å². The fourth-order valence-electron chi connectivity index (χ4n) is 4.84. The van der Waals surface area contributed by atoms with Gasteiger partial charge in [-0.05, 0) is 49.9 Å². The fourth-order valence-corrected chi connectivity index (χ4v) is 4.84. The summed E-state index contributed by atoms with van der Waals surface area (Å²) in [6.07, 6.45) is 2.70. The summed E-state index contributed by atoms with van der Waals surface area (Å²) in [5.41, 5.74) is 2.67. The van der Waals surface area contributed by atoms with E-state index in [9.17, 15) is 18.8 Å². The Morgan fingerprint density at radius 3 is 2.72 bits per heavy atom. The van der Waals surface area contributed by atoms with Crippen molar-refractivity contribution in [1.29, 1.82) is 0 Å². The van der Waals surface area contributed by atoms with Crippen molar-refractivity contribution in [2.24, 2.45) is 0 Å². The third-order valence-electron chi connectivity index (χ3n) is 6.69. The van der Waals surface area contributed by atoms with Gasteiger partial charge in [-0.1, -0.05) is 24.3 Å². The zero-order valence-electron chi connectivity index (χ0n) is 20.0. The highest BCUT2D eigenvalue weighted by Crippen LogP contribution is 2.27. The van der Waals surface area contributed by atoms with E-state index < -0.39 is 5.82 Å². The molecule has 36 heavy (non-hydrogen) atoms. The van der Waals surface area contributed by atoms with Gasteiger partial charge in [0.25, 0.3) is 11.5 Å². The second-order valence-corrected chi connectivity index (χ2v) is 9.12. The predicted molar refractivity (Wildman–Crippen MR) is 132 cm³/mol. The number of carbonyl (C=O) groups is 2. The predicted octanol–water partition coefficient (Wildman–Crippen LogP) is 3.07. The molecule has 0 atom stereocenters. The lowest BCUT2D eigenvalue weighted by molar-refractivity contribution is -0.138. The SMILES string of the molecule is CCOC(=O)C1=C(NC2CN(C(=O)c3cc(Cc4n[nH]c(=O)c5ccccc45)ccc3F)C2)CCC1. The summed E-state index contributed by atoms with van der Waals surface area (Å²) in [7, 11) is 0. The zero-order chi connectivity index (χ0) is 25.2. The van der Waals surface area contributed by atoms with E-state index >= 15 is 0 Å². The van der Waals surface area contributed by atoms with Crippen LogP contribution in [0.2, 0.25) is 0 Å². The van der Waals surface area contributed by atoms with Gasteiger partial charge in [0.1, 0.15) is 5.82 Å². The molecule has 2 aromatic carbocycles. The molecule has 0 unspecified atom stereocenters. The Morgan fingerprint density at radius 2 is 1.94 bits per heavy atom. The molecule has 0 radical (unpaired) electrons. The summed E-state index contributed by atoms with van der Waals surface area (Å²) in [4.78, 5) is 38.8. The number of hydrogen-bond acceptors (Lipinski definition) is 6. The molecule has 186 valence electrons. The molecule has 2 heterocycles. The highest BCUT2D eigenvalue weighted by Gasteiger charge is 2.34. The normalized spacial score (nSPS) is 15.8. The lowest BCUT2D eigenvalue weighted by atomic mass is 10.0. The Labute approximate surface area is 207 Å². The van der Waals surface area contributed by atoms with Crippen LogP contribution in [0, 0.1) is 5.82 Å². The monoisotopic (exact) mass is 490 g/mol. The van der Waals surface area contributed by atoms with E-state index in [0.717, 1.165) is 29.5 Å². The Kier molecular flexibility index (Phi) is 6.54. The van der Waals surface area contributed by atoms with Gasteiger partial charge in [0.2, 0.25) is 0 Å². The minimum Gasteiger partial charge on any atom is -0.463 e. The van der Waals surface area contributed by atoms with Gasteiger partial charge in [-0.25, -0.2) is 14.3 Å². The maximum atomic E-state index is 14.6. The number of nitrogens with zero attached hydrogens (tertiary/aromatic N) is 2. The quantitative estimate of drug-likeness (QED) is 0.494. The number of esters is 1. The van der Waals surface area contributed by atoms with Crippen molar-refractivity contribution in [3.8, 4) is 0 Å². The topological polar surface area (TPSA) is 104 Å². The molecule has 5 rings (SSSR count). The number of carbonyl (C=O) groups excluding carboxylic acids is 2. The van der Waals surface area contributed by atoms with Gasteiger partial charge in [0.15, 0.2) is 0 Å². The third-order valence-corrected chi connectivity index (χ3v) is 6.69. The van der Waals surface area contributed by atoms with Crippen molar-refractivity contribution >= 4 is 22.6 Å². The largest absolute Gasteiger partial charge is 0.463 e. The van der Waals surface area contributed by atoms with Crippen LogP contribution in [0.5, 0.6) is 0 Å². The van der Waals surface area contributed by atoms with Crippen LogP contribution in [0.15, 0.2) is 58.5 Å². The Morgan fingerprint density at radius 1 is 1.17 bits per heavy atom. The highest BCUT2D eigenvalue weighted by atomic mass is 19.1. The van der Waals surface area contributed by atoms with Gasteiger partial charge in [0, 0.05) is 30.6 Å². The number of likely N-dealkylation sites (tertiary alicyclic amines) is 1. The first kappa shape index (κ1) is 23.7. The van der Waals surface area contributed by atoms with Crippen LogP contribution in [0.4, 0.5) is 4.39 Å². The minimum atomic E-state index is -0.581. The van der Waals surface area contributed by atoms with Gasteiger partial charge in [0.05, 0.1) is 34.9 Å². The molecule has 1 saturated heterocycles. The van der Waals surface area contributed by atoms with Crippen LogP contribution < -0.4 is 10.9 Å². The number of hydrogen-bond donors (Lipinski definition) is 2. The molecule has 1 amide bonds. The summed E-state index contributed by atoms with van der Waals surface area (Å²) < 4.78 is 19.8. The second kappa shape index (κ2) is 9.93. The number of aromatic nitrogens is 2. The van der Waals surface area contributed by atoms with E-state index in [0.29, 0.717) is 49.2 Å². The molecular weight excluding hydrogens is 463 g/mol. The van der Waals surface area contributed by atoms with Crippen LogP contribution in [-0.2, 0) is 16.0 Å². The third kappa shape index (κ3) is 4.60. The molecule has 8 nitrogen and oxygen atoms in total. The van der Waals surface area contributed by atoms with E-state index in [1.807, 2.05) is 12.1 Å². The van der Waals surface area contributed by atoms with E-state index in [1.165, 1.54) is 6.07 Å². The number of fused-ring (bicyclic) bond motifs is 1. The Bertz CT molecular complexity index is 1420. The van der Waals surface area contributed by atoms with Crippen LogP contribution in [0.3, 0.4) is 0 Å². The van der Waals surface area contributed by atoms with Crippen molar-refractivity contribution in [1.82, 2.24) is 20.4 Å². The first-order chi connectivity index (χ1) is 17.4. The summed E-state index contributed by atoms with van der Waals surface area (Å²) in [6.45, 7) is 2.96. The van der Waals surface area contributed by atoms with Gasteiger partial charge in [-0.3, -0.25) is 9.59 Å². The van der Waals surface area contributed by atoms with Gasteiger partial charge in [-0.2, -0.15) is 5.10 Å². The standard InChI is InChI=1S/C27H27FN4O4/c1-2-36-27(35)20-8-5-9-23(20)29-17-14-32(15-17)26(34)21-12-16(10-11-22(21)28)13-24-18-6-3-4-7-19(18)25(33)31-30-24/h3-4,6-7,10-12,17,29H,2,5,8-9,13-15H2,1H3,(H,31,33). The van der Waals surface area contributed by atoms with Gasteiger partial charge in [-0.15, -0.1) is 0 Å². The lowest BCUT2D eigenvalue weighted by Gasteiger charge is -2.40. The average molecular weight is 491 g/mol. The van der Waals surface area contributed by atoms with Crippen LogP contribution in [0.1, 0.15) is 47.8 Å². The zero-order valence-corrected chi connectivity index (χ0v) is 20.0. The van der Waals surface area contributed by atoms with Crippen molar-refractivity contribution in [3.63, 3.8) is 0 Å². The molecule has 3 aromatic rings. The summed E-state index contributed by atoms with van der Waals surface area (Å²) in [6, 6.07) is 11.6. The highest BCUT2D eigenvalue weighted by molar-refractivity contribution is 5.95. The van der Waals surface area contributed by atoms with Gasteiger partial charge < -0.3 is 15.0 Å². The molecule has 1 aliphatic heterocycles. The van der Waals surface area contributed by atoms with Crippen molar-refractivity contribution < 1.29 is 18.7 Å². The molecule has 2 aliphatic rings. The summed E-state index contributed by atoms with van der Waals surface area (Å²) in [5.74, 6) is -1.24. The van der Waals surface area contributed by atoms with Crippen molar-refractivity contribution in [3.05, 3.63) is 86.7 Å². The van der Waals surface area contributed by atoms with Crippen LogP contribution >= 0.6 is 0 Å². The first-order valence-corrected chi connectivity index (χ1v) is 12.1. The smallest absolute Gasteiger partial charge is 0.335 e. The van der Waals surface area contributed by atoms with E-state index in [4.69, 9.17) is 4.74 Å².